The van der Waals surface area contributed by atoms with Crippen LogP contribution in [-0.2, 0) is 7.05 Å². The van der Waals surface area contributed by atoms with Gasteiger partial charge in [0.25, 0.3) is 5.69 Å². The largest absolute Gasteiger partial charge is 0.332 e. The molecule has 0 aliphatic rings. The van der Waals surface area contributed by atoms with Crippen molar-refractivity contribution in [1.29, 1.82) is 0 Å². The minimum absolute atomic E-state index is 0.000265. The molecule has 23 heavy (non-hydrogen) atoms. The molecule has 0 spiro atoms. The highest BCUT2D eigenvalue weighted by Crippen LogP contribution is 2.19. The van der Waals surface area contributed by atoms with Gasteiger partial charge in [-0.3, -0.25) is 14.8 Å². The van der Waals surface area contributed by atoms with E-state index in [1.165, 1.54) is 12.1 Å². The van der Waals surface area contributed by atoms with Gasteiger partial charge in [0.15, 0.2) is 0 Å². The quantitative estimate of drug-likeness (QED) is 0.653. The average molecular weight is 317 g/mol. The summed E-state index contributed by atoms with van der Waals surface area (Å²) < 4.78 is 1.66. The zero-order valence-electron chi connectivity index (χ0n) is 13.2. The fourth-order valence-electron chi connectivity index (χ4n) is 2.17. The van der Waals surface area contributed by atoms with E-state index in [-0.39, 0.29) is 23.8 Å². The number of hydrogen-bond donors (Lipinski definition) is 2. The third-order valence-electron chi connectivity index (χ3n) is 3.50. The number of urea groups is 1. The monoisotopic (exact) mass is 317 g/mol. The number of benzene rings is 1. The van der Waals surface area contributed by atoms with Gasteiger partial charge in [-0.05, 0) is 19.4 Å². The van der Waals surface area contributed by atoms with Crippen LogP contribution < -0.4 is 10.6 Å². The highest BCUT2D eigenvalue weighted by Gasteiger charge is 2.15. The number of nitro groups is 1. The first-order chi connectivity index (χ1) is 10.9. The molecule has 122 valence electrons. The van der Waals surface area contributed by atoms with Crippen molar-refractivity contribution in [2.45, 2.75) is 25.9 Å². The van der Waals surface area contributed by atoms with Crippen molar-refractivity contribution in [3.8, 4) is 0 Å². The molecule has 0 saturated heterocycles. The number of aromatic nitrogens is 2. The summed E-state index contributed by atoms with van der Waals surface area (Å²) >= 11 is 0. The van der Waals surface area contributed by atoms with Crippen molar-refractivity contribution in [1.82, 2.24) is 20.4 Å². The molecule has 0 aliphatic carbocycles. The first-order valence-electron chi connectivity index (χ1n) is 7.16. The first kappa shape index (κ1) is 16.5. The molecular formula is C15H19N5O3. The Kier molecular flexibility index (Phi) is 4.95. The summed E-state index contributed by atoms with van der Waals surface area (Å²) in [5.74, 6) is 0. The number of aryl methyl sites for hydroxylation is 1. The van der Waals surface area contributed by atoms with Gasteiger partial charge < -0.3 is 10.6 Å². The maximum Gasteiger partial charge on any atom is 0.315 e. The fourth-order valence-corrected chi connectivity index (χ4v) is 2.17. The van der Waals surface area contributed by atoms with E-state index < -0.39 is 4.92 Å². The van der Waals surface area contributed by atoms with E-state index >= 15 is 0 Å². The Bertz CT molecular complexity index is 713. The Morgan fingerprint density at radius 3 is 2.48 bits per heavy atom. The number of carbonyl (C=O) groups excluding carboxylic acids is 1. The van der Waals surface area contributed by atoms with Gasteiger partial charge in [-0.15, -0.1) is 0 Å². The topological polar surface area (TPSA) is 102 Å². The van der Waals surface area contributed by atoms with Crippen molar-refractivity contribution in [3.63, 3.8) is 0 Å². The Morgan fingerprint density at radius 1 is 1.26 bits per heavy atom. The lowest BCUT2D eigenvalue weighted by Crippen LogP contribution is -2.38. The molecule has 0 fully saturated rings. The summed E-state index contributed by atoms with van der Waals surface area (Å²) in [4.78, 5) is 22.4. The smallest absolute Gasteiger partial charge is 0.315 e. The molecule has 0 saturated carbocycles. The number of carbonyl (C=O) groups is 1. The molecule has 8 nitrogen and oxygen atoms in total. The zero-order valence-corrected chi connectivity index (χ0v) is 13.2. The second-order valence-electron chi connectivity index (χ2n) is 5.36. The van der Waals surface area contributed by atoms with Gasteiger partial charge in [-0.2, -0.15) is 5.10 Å². The molecule has 2 atom stereocenters. The number of nitro benzene ring substituents is 1. The molecule has 2 unspecified atom stereocenters. The molecule has 1 aromatic heterocycles. The second-order valence-corrected chi connectivity index (χ2v) is 5.36. The van der Waals surface area contributed by atoms with Gasteiger partial charge in [0.1, 0.15) is 0 Å². The third kappa shape index (κ3) is 4.29. The number of amides is 2. The summed E-state index contributed by atoms with van der Waals surface area (Å²) in [5, 5.41) is 20.4. The molecule has 2 aromatic rings. The van der Waals surface area contributed by atoms with Crippen molar-refractivity contribution in [2.24, 2.45) is 7.05 Å². The normalized spacial score (nSPS) is 13.2. The molecule has 0 bridgehead atoms. The lowest BCUT2D eigenvalue weighted by Gasteiger charge is -2.17. The molecule has 0 aliphatic heterocycles. The molecule has 2 N–H and O–H groups in total. The van der Waals surface area contributed by atoms with Crippen LogP contribution in [0.1, 0.15) is 37.1 Å². The highest BCUT2D eigenvalue weighted by molar-refractivity contribution is 5.75. The van der Waals surface area contributed by atoms with Crippen LogP contribution in [0.2, 0.25) is 0 Å². The summed E-state index contributed by atoms with van der Waals surface area (Å²) in [6.45, 7) is 3.63. The Hall–Kier alpha value is -2.90. The van der Waals surface area contributed by atoms with E-state index in [2.05, 4.69) is 15.7 Å². The van der Waals surface area contributed by atoms with E-state index in [0.29, 0.717) is 5.56 Å². The SMILES string of the molecule is CC(NC(=O)NC(C)c1cnn(C)c1)c1cccc([N+](=O)[O-])c1. The molecule has 2 amide bonds. The van der Waals surface area contributed by atoms with Crippen LogP contribution in [-0.4, -0.2) is 20.7 Å². The summed E-state index contributed by atoms with van der Waals surface area (Å²) in [5.41, 5.74) is 1.56. The first-order valence-corrected chi connectivity index (χ1v) is 7.16. The second kappa shape index (κ2) is 6.91. The van der Waals surface area contributed by atoms with Gasteiger partial charge in [-0.25, -0.2) is 4.79 Å². The van der Waals surface area contributed by atoms with E-state index in [4.69, 9.17) is 0 Å². The van der Waals surface area contributed by atoms with Gasteiger partial charge in [0, 0.05) is 30.9 Å². The average Bonchev–Trinajstić information content (AvgIpc) is 2.94. The number of hydrogen-bond acceptors (Lipinski definition) is 4. The Labute approximate surface area is 133 Å². The highest BCUT2D eigenvalue weighted by atomic mass is 16.6. The predicted molar refractivity (Wildman–Crippen MR) is 84.8 cm³/mol. The molecule has 1 heterocycles. The summed E-state index contributed by atoms with van der Waals surface area (Å²) in [6.07, 6.45) is 3.52. The summed E-state index contributed by atoms with van der Waals surface area (Å²) in [7, 11) is 1.81. The minimum atomic E-state index is -0.458. The lowest BCUT2D eigenvalue weighted by molar-refractivity contribution is -0.384. The maximum atomic E-state index is 12.1. The minimum Gasteiger partial charge on any atom is -0.332 e. The number of non-ortho nitro benzene ring substituents is 1. The van der Waals surface area contributed by atoms with Crippen molar-refractivity contribution < 1.29 is 9.72 Å². The van der Waals surface area contributed by atoms with Gasteiger partial charge >= 0.3 is 6.03 Å². The van der Waals surface area contributed by atoms with Crippen molar-refractivity contribution in [3.05, 3.63) is 57.9 Å². The van der Waals surface area contributed by atoms with Crippen LogP contribution >= 0.6 is 0 Å². The van der Waals surface area contributed by atoms with Crippen LogP contribution in [0, 0.1) is 10.1 Å². The van der Waals surface area contributed by atoms with Crippen molar-refractivity contribution >= 4 is 11.7 Å². The van der Waals surface area contributed by atoms with Gasteiger partial charge in [0.2, 0.25) is 0 Å². The van der Waals surface area contributed by atoms with E-state index in [0.717, 1.165) is 5.56 Å². The predicted octanol–water partition coefficient (Wildman–Crippen LogP) is 2.45. The van der Waals surface area contributed by atoms with Crippen LogP contribution in [0.4, 0.5) is 10.5 Å². The number of rotatable bonds is 5. The standard InChI is InChI=1S/C15H19N5O3/c1-10(12-5-4-6-14(7-12)20(22)23)17-15(21)18-11(2)13-8-16-19(3)9-13/h4-11H,1-3H3,(H2,17,18,21). The number of nitrogens with one attached hydrogen (secondary N) is 2. The maximum absolute atomic E-state index is 12.1. The lowest BCUT2D eigenvalue weighted by atomic mass is 10.1. The van der Waals surface area contributed by atoms with E-state index in [1.54, 1.807) is 37.0 Å². The molecule has 8 heteroatoms. The van der Waals surface area contributed by atoms with Crippen LogP contribution in [0.15, 0.2) is 36.7 Å². The molecule has 2 rings (SSSR count). The van der Waals surface area contributed by atoms with Crippen molar-refractivity contribution in [2.75, 3.05) is 0 Å². The van der Waals surface area contributed by atoms with E-state index in [9.17, 15) is 14.9 Å². The van der Waals surface area contributed by atoms with E-state index in [1.807, 2.05) is 13.1 Å². The van der Waals surface area contributed by atoms with Crippen LogP contribution in [0.3, 0.4) is 0 Å². The van der Waals surface area contributed by atoms with Crippen LogP contribution in [0.25, 0.3) is 0 Å². The van der Waals surface area contributed by atoms with Gasteiger partial charge in [0.05, 0.1) is 23.2 Å². The summed E-state index contributed by atoms with van der Waals surface area (Å²) in [6, 6.07) is 5.32. The molecule has 1 aromatic carbocycles. The fraction of sp³-hybridized carbons (Fsp3) is 0.333. The Balaban J connectivity index is 1.96. The van der Waals surface area contributed by atoms with Crippen LogP contribution in [0.5, 0.6) is 0 Å². The molecule has 0 radical (unpaired) electrons. The van der Waals surface area contributed by atoms with Gasteiger partial charge in [-0.1, -0.05) is 12.1 Å². The zero-order chi connectivity index (χ0) is 17.0. The third-order valence-corrected chi connectivity index (χ3v) is 3.50. The molecular weight excluding hydrogens is 298 g/mol. The number of nitrogens with zero attached hydrogens (tertiary/aromatic N) is 3. The Morgan fingerprint density at radius 2 is 1.91 bits per heavy atom.